The molecular formula is C14H12ClNOS. The summed E-state index contributed by atoms with van der Waals surface area (Å²) in [6.07, 6.45) is 0. The lowest BCUT2D eigenvalue weighted by Gasteiger charge is -2.08. The molecule has 1 N–H and O–H groups in total. The minimum atomic E-state index is -0.137. The van der Waals surface area contributed by atoms with E-state index < -0.39 is 0 Å². The molecular weight excluding hydrogens is 266 g/mol. The molecule has 4 heteroatoms. The van der Waals surface area contributed by atoms with E-state index in [1.807, 2.05) is 18.2 Å². The highest BCUT2D eigenvalue weighted by molar-refractivity contribution is 7.79. The van der Waals surface area contributed by atoms with Crippen molar-refractivity contribution in [1.82, 2.24) is 0 Å². The van der Waals surface area contributed by atoms with E-state index in [0.29, 0.717) is 16.3 Å². The molecule has 0 bridgehead atoms. The Hall–Kier alpha value is -1.45. The molecule has 0 aliphatic heterocycles. The predicted octanol–water partition coefficient (Wildman–Crippen LogP) is 4.02. The Morgan fingerprint density at radius 3 is 2.44 bits per heavy atom. The molecule has 18 heavy (non-hydrogen) atoms. The van der Waals surface area contributed by atoms with Gasteiger partial charge in [0.15, 0.2) is 0 Å². The summed E-state index contributed by atoms with van der Waals surface area (Å²) in [5.74, 6) is 0.395. The lowest BCUT2D eigenvalue weighted by molar-refractivity contribution is 0.102. The third-order valence-electron chi connectivity index (χ3n) is 2.53. The van der Waals surface area contributed by atoms with Gasteiger partial charge in [0.1, 0.15) is 0 Å². The van der Waals surface area contributed by atoms with E-state index in [1.165, 1.54) is 0 Å². The molecule has 1 amide bonds. The molecule has 2 nitrogen and oxygen atoms in total. The zero-order valence-corrected chi connectivity index (χ0v) is 11.2. The number of halogens is 1. The van der Waals surface area contributed by atoms with Crippen molar-refractivity contribution in [3.63, 3.8) is 0 Å². The monoisotopic (exact) mass is 277 g/mol. The summed E-state index contributed by atoms with van der Waals surface area (Å²) in [4.78, 5) is 12.1. The van der Waals surface area contributed by atoms with Gasteiger partial charge in [-0.2, -0.15) is 12.6 Å². The fraction of sp³-hybridized carbons (Fsp3) is 0.0714. The van der Waals surface area contributed by atoms with Gasteiger partial charge in [0.05, 0.1) is 0 Å². The van der Waals surface area contributed by atoms with Crippen molar-refractivity contribution in [2.45, 2.75) is 5.75 Å². The van der Waals surface area contributed by atoms with Crippen LogP contribution in [0.1, 0.15) is 15.9 Å². The van der Waals surface area contributed by atoms with Crippen molar-refractivity contribution < 1.29 is 4.79 Å². The standard InChI is InChI=1S/C14H12ClNOS/c15-11-5-7-12(8-6-11)16-14(17)13-4-2-1-3-10(13)9-18/h1-8,18H,9H2,(H,16,17). The third kappa shape index (κ3) is 3.06. The van der Waals surface area contributed by atoms with Gasteiger partial charge in [0.2, 0.25) is 0 Å². The third-order valence-corrected chi connectivity index (χ3v) is 3.13. The first-order valence-electron chi connectivity index (χ1n) is 5.46. The summed E-state index contributed by atoms with van der Waals surface area (Å²) in [6, 6.07) is 14.4. The van der Waals surface area contributed by atoms with Crippen molar-refractivity contribution in [2.24, 2.45) is 0 Å². The van der Waals surface area contributed by atoms with Gasteiger partial charge in [0.25, 0.3) is 5.91 Å². The van der Waals surface area contributed by atoms with E-state index >= 15 is 0 Å². The minimum absolute atomic E-state index is 0.137. The smallest absolute Gasteiger partial charge is 0.255 e. The van der Waals surface area contributed by atoms with Crippen molar-refractivity contribution in [3.8, 4) is 0 Å². The number of benzene rings is 2. The van der Waals surface area contributed by atoms with Gasteiger partial charge in [-0.05, 0) is 35.9 Å². The second-order valence-corrected chi connectivity index (χ2v) is 4.53. The maximum atomic E-state index is 12.1. The molecule has 0 radical (unpaired) electrons. The molecule has 2 rings (SSSR count). The molecule has 0 spiro atoms. The Balaban J connectivity index is 2.19. The van der Waals surface area contributed by atoms with Crippen LogP contribution in [0.4, 0.5) is 5.69 Å². The average molecular weight is 278 g/mol. The Labute approximate surface area is 116 Å². The van der Waals surface area contributed by atoms with Gasteiger partial charge in [-0.15, -0.1) is 0 Å². The molecule has 0 saturated heterocycles. The largest absolute Gasteiger partial charge is 0.322 e. The minimum Gasteiger partial charge on any atom is -0.322 e. The Kier molecular flexibility index (Phi) is 4.28. The van der Waals surface area contributed by atoms with Crippen molar-refractivity contribution >= 4 is 35.8 Å². The number of hydrogen-bond donors (Lipinski definition) is 2. The molecule has 0 unspecified atom stereocenters. The van der Waals surface area contributed by atoms with Gasteiger partial charge in [-0.25, -0.2) is 0 Å². The second kappa shape index (κ2) is 5.94. The molecule has 0 saturated carbocycles. The van der Waals surface area contributed by atoms with Crippen LogP contribution >= 0.6 is 24.2 Å². The van der Waals surface area contributed by atoms with Gasteiger partial charge in [-0.3, -0.25) is 4.79 Å². The molecule has 2 aromatic rings. The summed E-state index contributed by atoms with van der Waals surface area (Å²) < 4.78 is 0. The summed E-state index contributed by atoms with van der Waals surface area (Å²) in [5.41, 5.74) is 2.27. The molecule has 2 aromatic carbocycles. The van der Waals surface area contributed by atoms with Crippen LogP contribution in [0.2, 0.25) is 5.02 Å². The molecule has 0 aromatic heterocycles. The predicted molar refractivity (Wildman–Crippen MR) is 78.5 cm³/mol. The van der Waals surface area contributed by atoms with Crippen LogP contribution in [0, 0.1) is 0 Å². The molecule has 0 heterocycles. The first-order chi connectivity index (χ1) is 8.70. The fourth-order valence-corrected chi connectivity index (χ4v) is 2.01. The highest BCUT2D eigenvalue weighted by Crippen LogP contribution is 2.16. The van der Waals surface area contributed by atoms with E-state index in [1.54, 1.807) is 30.3 Å². The van der Waals surface area contributed by atoms with E-state index in [4.69, 9.17) is 11.6 Å². The topological polar surface area (TPSA) is 29.1 Å². The first kappa shape index (κ1) is 13.0. The van der Waals surface area contributed by atoms with E-state index in [2.05, 4.69) is 17.9 Å². The molecule has 0 aliphatic rings. The van der Waals surface area contributed by atoms with Crippen LogP contribution in [0.25, 0.3) is 0 Å². The first-order valence-corrected chi connectivity index (χ1v) is 6.47. The van der Waals surface area contributed by atoms with E-state index in [0.717, 1.165) is 11.3 Å². The van der Waals surface area contributed by atoms with Gasteiger partial charge >= 0.3 is 0 Å². The molecule has 92 valence electrons. The second-order valence-electron chi connectivity index (χ2n) is 3.78. The molecule has 0 atom stereocenters. The van der Waals surface area contributed by atoms with Crippen LogP contribution in [0.15, 0.2) is 48.5 Å². The highest BCUT2D eigenvalue weighted by atomic mass is 35.5. The average Bonchev–Trinajstić information content (AvgIpc) is 2.41. The van der Waals surface area contributed by atoms with Crippen LogP contribution in [0.3, 0.4) is 0 Å². The Morgan fingerprint density at radius 1 is 1.11 bits per heavy atom. The number of nitrogens with one attached hydrogen (secondary N) is 1. The SMILES string of the molecule is O=C(Nc1ccc(Cl)cc1)c1ccccc1CS. The van der Waals surface area contributed by atoms with Gasteiger partial charge in [0, 0.05) is 22.0 Å². The summed E-state index contributed by atoms with van der Waals surface area (Å²) in [6.45, 7) is 0. The zero-order chi connectivity index (χ0) is 13.0. The summed E-state index contributed by atoms with van der Waals surface area (Å²) in [7, 11) is 0. The number of carbonyl (C=O) groups excluding carboxylic acids is 1. The van der Waals surface area contributed by atoms with Crippen LogP contribution in [0.5, 0.6) is 0 Å². The number of anilines is 1. The number of rotatable bonds is 3. The lowest BCUT2D eigenvalue weighted by atomic mass is 10.1. The summed E-state index contributed by atoms with van der Waals surface area (Å²) in [5, 5.41) is 3.47. The lowest BCUT2D eigenvalue weighted by Crippen LogP contribution is -2.13. The number of thiol groups is 1. The van der Waals surface area contributed by atoms with E-state index in [-0.39, 0.29) is 5.91 Å². The summed E-state index contributed by atoms with van der Waals surface area (Å²) >= 11 is 10.0. The van der Waals surface area contributed by atoms with Crippen molar-refractivity contribution in [3.05, 3.63) is 64.7 Å². The Bertz CT molecular complexity index is 554. The van der Waals surface area contributed by atoms with Crippen molar-refractivity contribution in [2.75, 3.05) is 5.32 Å². The Morgan fingerprint density at radius 2 is 1.78 bits per heavy atom. The van der Waals surface area contributed by atoms with Crippen molar-refractivity contribution in [1.29, 1.82) is 0 Å². The highest BCUT2D eigenvalue weighted by Gasteiger charge is 2.09. The van der Waals surface area contributed by atoms with Crippen LogP contribution in [-0.4, -0.2) is 5.91 Å². The zero-order valence-electron chi connectivity index (χ0n) is 9.56. The van der Waals surface area contributed by atoms with Gasteiger partial charge in [-0.1, -0.05) is 29.8 Å². The van der Waals surface area contributed by atoms with Gasteiger partial charge < -0.3 is 5.32 Å². The quantitative estimate of drug-likeness (QED) is 0.815. The number of carbonyl (C=O) groups is 1. The fourth-order valence-electron chi connectivity index (χ4n) is 1.61. The number of hydrogen-bond acceptors (Lipinski definition) is 2. The molecule has 0 fully saturated rings. The maximum absolute atomic E-state index is 12.1. The van der Waals surface area contributed by atoms with Crippen LogP contribution in [-0.2, 0) is 5.75 Å². The van der Waals surface area contributed by atoms with Crippen LogP contribution < -0.4 is 5.32 Å². The van der Waals surface area contributed by atoms with E-state index in [9.17, 15) is 4.79 Å². The molecule has 0 aliphatic carbocycles. The maximum Gasteiger partial charge on any atom is 0.255 e. The number of amides is 1. The normalized spacial score (nSPS) is 10.1.